The Labute approximate surface area is 179 Å². The van der Waals surface area contributed by atoms with E-state index in [2.05, 4.69) is 70.1 Å². The highest BCUT2D eigenvalue weighted by atomic mass is 79.9. The Morgan fingerprint density at radius 3 is 2.86 bits per heavy atom. The van der Waals surface area contributed by atoms with Crippen molar-refractivity contribution in [2.75, 3.05) is 0 Å². The largest absolute Gasteiger partial charge is 0.370 e. The summed E-state index contributed by atoms with van der Waals surface area (Å²) in [6, 6.07) is 10.6. The molecule has 4 aromatic rings. The minimum atomic E-state index is -0.157. The van der Waals surface area contributed by atoms with E-state index >= 15 is 0 Å². The molecule has 1 aliphatic heterocycles. The summed E-state index contributed by atoms with van der Waals surface area (Å²) in [5.74, 6) is 0.875. The first-order chi connectivity index (χ1) is 13.5. The Morgan fingerprint density at radius 2 is 2.04 bits per heavy atom. The van der Waals surface area contributed by atoms with Gasteiger partial charge in [0, 0.05) is 27.6 Å². The number of aromatic nitrogens is 3. The van der Waals surface area contributed by atoms with Crippen LogP contribution in [-0.4, -0.2) is 20.6 Å². The number of hydrogen-bond acceptors (Lipinski definition) is 6. The van der Waals surface area contributed by atoms with Gasteiger partial charge >= 0.3 is 0 Å². The van der Waals surface area contributed by atoms with Gasteiger partial charge in [-0.25, -0.2) is 15.0 Å². The minimum absolute atomic E-state index is 0.157. The molecular formula is C21H18BrN3OS2. The summed E-state index contributed by atoms with van der Waals surface area (Å²) in [7, 11) is 0. The summed E-state index contributed by atoms with van der Waals surface area (Å²) in [5, 5.41) is 2.13. The molecule has 0 saturated carbocycles. The van der Waals surface area contributed by atoms with E-state index in [4.69, 9.17) is 9.72 Å². The van der Waals surface area contributed by atoms with Crippen LogP contribution >= 0.6 is 39.0 Å². The van der Waals surface area contributed by atoms with E-state index in [1.807, 2.05) is 0 Å². The average molecular weight is 472 g/mol. The maximum atomic E-state index is 5.97. The number of pyridine rings is 1. The molecule has 28 heavy (non-hydrogen) atoms. The SMILES string of the molecule is CC1(C)Cc2nc3sc4c(SCc5ccc(Br)cc5)ncnc4c3cc2CO1. The number of benzene rings is 1. The number of rotatable bonds is 3. The van der Waals surface area contributed by atoms with E-state index in [1.54, 1.807) is 29.4 Å². The molecule has 3 aromatic heterocycles. The Morgan fingerprint density at radius 1 is 1.21 bits per heavy atom. The number of hydrogen-bond donors (Lipinski definition) is 0. The lowest BCUT2D eigenvalue weighted by Gasteiger charge is -2.30. The molecule has 4 heterocycles. The molecule has 0 amide bonds. The van der Waals surface area contributed by atoms with E-state index in [-0.39, 0.29) is 5.60 Å². The van der Waals surface area contributed by atoms with Crippen LogP contribution in [0.4, 0.5) is 0 Å². The fourth-order valence-electron chi connectivity index (χ4n) is 3.40. The molecule has 0 saturated heterocycles. The molecule has 7 heteroatoms. The van der Waals surface area contributed by atoms with Crippen LogP contribution in [0.3, 0.4) is 0 Å². The lowest BCUT2D eigenvalue weighted by Crippen LogP contribution is -2.32. The summed E-state index contributed by atoms with van der Waals surface area (Å²) in [6.45, 7) is 4.85. The molecule has 0 unspecified atom stereocenters. The third-order valence-electron chi connectivity index (χ3n) is 4.88. The van der Waals surface area contributed by atoms with Gasteiger partial charge in [0.1, 0.15) is 16.2 Å². The van der Waals surface area contributed by atoms with Gasteiger partial charge in [-0.05, 0) is 37.6 Å². The lowest BCUT2D eigenvalue weighted by molar-refractivity contribution is -0.0411. The van der Waals surface area contributed by atoms with Crippen molar-refractivity contribution in [1.82, 2.24) is 15.0 Å². The number of ether oxygens (including phenoxy) is 1. The van der Waals surface area contributed by atoms with Gasteiger partial charge in [0.25, 0.3) is 0 Å². The summed E-state index contributed by atoms with van der Waals surface area (Å²) in [5.41, 5.74) is 4.43. The van der Waals surface area contributed by atoms with Gasteiger partial charge in [0.05, 0.1) is 28.1 Å². The van der Waals surface area contributed by atoms with E-state index in [0.29, 0.717) is 6.61 Å². The van der Waals surface area contributed by atoms with Crippen molar-refractivity contribution < 1.29 is 4.74 Å². The van der Waals surface area contributed by atoms with E-state index in [0.717, 1.165) is 47.8 Å². The predicted octanol–water partition coefficient (Wildman–Crippen LogP) is 6.15. The van der Waals surface area contributed by atoms with Crippen LogP contribution in [0.2, 0.25) is 0 Å². The molecule has 1 aliphatic rings. The fourth-order valence-corrected chi connectivity index (χ4v) is 5.83. The standard InChI is InChI=1S/C21H18BrN3OS2/c1-21(2)8-16-13(9-26-21)7-15-17-18(28-19(15)25-16)20(24-11-23-17)27-10-12-3-5-14(22)6-4-12/h3-7,11H,8-10H2,1-2H3. The molecule has 142 valence electrons. The molecule has 0 N–H and O–H groups in total. The van der Waals surface area contributed by atoms with Crippen molar-refractivity contribution in [2.24, 2.45) is 0 Å². The second-order valence-corrected chi connectivity index (χ2v) is 10.4. The van der Waals surface area contributed by atoms with Gasteiger partial charge in [-0.15, -0.1) is 23.1 Å². The normalized spacial score (nSPS) is 15.8. The molecule has 4 nitrogen and oxygen atoms in total. The fraction of sp³-hybridized carbons (Fsp3) is 0.286. The zero-order valence-electron chi connectivity index (χ0n) is 15.5. The first-order valence-electron chi connectivity index (χ1n) is 9.06. The van der Waals surface area contributed by atoms with Crippen LogP contribution < -0.4 is 0 Å². The molecular weight excluding hydrogens is 454 g/mol. The number of thiophene rings is 1. The summed E-state index contributed by atoms with van der Waals surface area (Å²) >= 11 is 6.93. The van der Waals surface area contributed by atoms with Crippen LogP contribution in [0.25, 0.3) is 20.4 Å². The van der Waals surface area contributed by atoms with Gasteiger partial charge in [0.15, 0.2) is 0 Å². The Kier molecular flexibility index (Phi) is 4.66. The average Bonchev–Trinajstić information content (AvgIpc) is 3.03. The molecule has 0 bridgehead atoms. The monoisotopic (exact) mass is 471 g/mol. The smallest absolute Gasteiger partial charge is 0.126 e. The lowest BCUT2D eigenvalue weighted by atomic mass is 9.95. The van der Waals surface area contributed by atoms with Crippen molar-refractivity contribution in [3.05, 3.63) is 58.0 Å². The van der Waals surface area contributed by atoms with Gasteiger partial charge in [-0.2, -0.15) is 0 Å². The third-order valence-corrected chi connectivity index (χ3v) is 7.70. The number of fused-ring (bicyclic) bond motifs is 4. The van der Waals surface area contributed by atoms with Crippen molar-refractivity contribution in [3.8, 4) is 0 Å². The second-order valence-electron chi connectivity index (χ2n) is 7.55. The molecule has 0 aliphatic carbocycles. The maximum absolute atomic E-state index is 5.97. The summed E-state index contributed by atoms with van der Waals surface area (Å²) < 4.78 is 8.19. The number of halogens is 1. The van der Waals surface area contributed by atoms with Crippen molar-refractivity contribution in [2.45, 2.75) is 43.3 Å². The highest BCUT2D eigenvalue weighted by Crippen LogP contribution is 2.39. The Balaban J connectivity index is 1.53. The van der Waals surface area contributed by atoms with E-state index in [1.165, 1.54) is 11.1 Å². The van der Waals surface area contributed by atoms with E-state index < -0.39 is 0 Å². The molecule has 5 rings (SSSR count). The number of thioether (sulfide) groups is 1. The summed E-state index contributed by atoms with van der Waals surface area (Å²) in [4.78, 5) is 15.1. The van der Waals surface area contributed by atoms with Gasteiger partial charge in [0.2, 0.25) is 0 Å². The van der Waals surface area contributed by atoms with Gasteiger partial charge < -0.3 is 4.74 Å². The number of nitrogens with zero attached hydrogens (tertiary/aromatic N) is 3. The molecule has 0 atom stereocenters. The van der Waals surface area contributed by atoms with Crippen molar-refractivity contribution in [1.29, 1.82) is 0 Å². The Hall–Kier alpha value is -1.54. The topological polar surface area (TPSA) is 47.9 Å². The van der Waals surface area contributed by atoms with Crippen LogP contribution in [0.5, 0.6) is 0 Å². The first-order valence-corrected chi connectivity index (χ1v) is 11.7. The zero-order chi connectivity index (χ0) is 19.3. The van der Waals surface area contributed by atoms with Crippen molar-refractivity contribution in [3.63, 3.8) is 0 Å². The predicted molar refractivity (Wildman–Crippen MR) is 119 cm³/mol. The molecule has 1 aromatic carbocycles. The Bertz CT molecular complexity index is 1190. The minimum Gasteiger partial charge on any atom is -0.370 e. The highest BCUT2D eigenvalue weighted by Gasteiger charge is 2.28. The summed E-state index contributed by atoms with van der Waals surface area (Å²) in [6.07, 6.45) is 2.50. The first kappa shape index (κ1) is 18.5. The van der Waals surface area contributed by atoms with Crippen LogP contribution in [0.15, 0.2) is 46.2 Å². The van der Waals surface area contributed by atoms with Gasteiger partial charge in [-0.1, -0.05) is 28.1 Å². The highest BCUT2D eigenvalue weighted by molar-refractivity contribution is 9.10. The second kappa shape index (κ2) is 7.06. The quantitative estimate of drug-likeness (QED) is 0.265. The molecule has 0 fully saturated rings. The van der Waals surface area contributed by atoms with Crippen LogP contribution in [0.1, 0.15) is 30.7 Å². The van der Waals surface area contributed by atoms with E-state index in [9.17, 15) is 0 Å². The third kappa shape index (κ3) is 3.45. The maximum Gasteiger partial charge on any atom is 0.126 e. The van der Waals surface area contributed by atoms with Crippen LogP contribution in [0, 0.1) is 0 Å². The molecule has 0 radical (unpaired) electrons. The van der Waals surface area contributed by atoms with Crippen molar-refractivity contribution >= 4 is 59.5 Å². The van der Waals surface area contributed by atoms with Gasteiger partial charge in [-0.3, -0.25) is 0 Å². The molecule has 0 spiro atoms. The zero-order valence-corrected chi connectivity index (χ0v) is 18.7. The van der Waals surface area contributed by atoms with Crippen LogP contribution in [-0.2, 0) is 23.5 Å².